The number of benzene rings is 1. The molecule has 18 heavy (non-hydrogen) atoms. The van der Waals surface area contributed by atoms with Gasteiger partial charge in [-0.2, -0.15) is 8.42 Å². The first kappa shape index (κ1) is 14.7. The zero-order chi connectivity index (χ0) is 13.6. The Morgan fingerprint density at radius 1 is 1.39 bits per heavy atom. The van der Waals surface area contributed by atoms with E-state index < -0.39 is 10.1 Å². The first-order chi connectivity index (χ1) is 8.45. The predicted molar refractivity (Wildman–Crippen MR) is 70.4 cm³/mol. The van der Waals surface area contributed by atoms with Gasteiger partial charge in [0.1, 0.15) is 0 Å². The van der Waals surface area contributed by atoms with Crippen LogP contribution in [-0.4, -0.2) is 21.1 Å². The highest BCUT2D eigenvalue weighted by atomic mass is 32.2. The summed E-state index contributed by atoms with van der Waals surface area (Å²) in [6.45, 7) is 1.82. The van der Waals surface area contributed by atoms with Crippen molar-refractivity contribution in [2.75, 3.05) is 6.61 Å². The molecule has 2 N–H and O–H groups in total. The maximum Gasteiger partial charge on any atom is 0.297 e. The van der Waals surface area contributed by atoms with Gasteiger partial charge in [0.05, 0.1) is 11.5 Å². The number of hydrogen-bond acceptors (Lipinski definition) is 4. The van der Waals surface area contributed by atoms with Crippen LogP contribution in [0.4, 0.5) is 0 Å². The maximum absolute atomic E-state index is 11.8. The van der Waals surface area contributed by atoms with Gasteiger partial charge in [-0.3, -0.25) is 4.18 Å². The summed E-state index contributed by atoms with van der Waals surface area (Å²) in [7, 11) is -3.73. The molecule has 0 spiro atoms. The van der Waals surface area contributed by atoms with Crippen molar-refractivity contribution in [1.29, 1.82) is 0 Å². The summed E-state index contributed by atoms with van der Waals surface area (Å²) in [4.78, 5) is 0.136. The molecule has 0 aromatic heterocycles. The van der Waals surface area contributed by atoms with Gasteiger partial charge < -0.3 is 5.73 Å². The van der Waals surface area contributed by atoms with E-state index >= 15 is 0 Å². The van der Waals surface area contributed by atoms with Crippen molar-refractivity contribution in [3.63, 3.8) is 0 Å². The number of aryl methyl sites for hydroxylation is 1. The Hall–Kier alpha value is -1.35. The monoisotopic (exact) mass is 267 g/mol. The Labute approximate surface area is 108 Å². The van der Waals surface area contributed by atoms with Crippen LogP contribution in [0.1, 0.15) is 18.4 Å². The van der Waals surface area contributed by atoms with Crippen molar-refractivity contribution in [3.8, 4) is 12.3 Å². The van der Waals surface area contributed by atoms with Gasteiger partial charge in [-0.25, -0.2) is 0 Å². The summed E-state index contributed by atoms with van der Waals surface area (Å²) >= 11 is 0. The average molecular weight is 267 g/mol. The van der Waals surface area contributed by atoms with Crippen LogP contribution in [0.5, 0.6) is 0 Å². The fourth-order valence-corrected chi connectivity index (χ4v) is 2.26. The topological polar surface area (TPSA) is 69.4 Å². The molecule has 0 fully saturated rings. The minimum atomic E-state index is -3.73. The molecule has 0 aliphatic heterocycles. The van der Waals surface area contributed by atoms with Gasteiger partial charge in [-0.1, -0.05) is 17.7 Å². The van der Waals surface area contributed by atoms with Gasteiger partial charge in [-0.05, 0) is 25.5 Å². The highest BCUT2D eigenvalue weighted by Crippen LogP contribution is 2.13. The standard InChI is InChI=1S/C13H17NO3S/c1-3-4-5-12(14)10-17-18(15,16)13-8-6-11(2)7-9-13/h1,6-9,12H,4-5,10,14H2,2H3/t12-/m0/s1. The van der Waals surface area contributed by atoms with E-state index in [1.165, 1.54) is 12.1 Å². The van der Waals surface area contributed by atoms with E-state index in [4.69, 9.17) is 16.3 Å². The lowest BCUT2D eigenvalue weighted by molar-refractivity contribution is 0.286. The smallest absolute Gasteiger partial charge is 0.297 e. The van der Waals surface area contributed by atoms with E-state index in [1.54, 1.807) is 12.1 Å². The fourth-order valence-electron chi connectivity index (χ4n) is 1.30. The minimum absolute atomic E-state index is 0.0576. The quantitative estimate of drug-likeness (QED) is 0.625. The van der Waals surface area contributed by atoms with Crippen molar-refractivity contribution < 1.29 is 12.6 Å². The molecule has 1 aromatic carbocycles. The lowest BCUT2D eigenvalue weighted by atomic mass is 10.2. The van der Waals surface area contributed by atoms with Gasteiger partial charge >= 0.3 is 0 Å². The molecular weight excluding hydrogens is 250 g/mol. The van der Waals surface area contributed by atoms with Gasteiger partial charge in [0.15, 0.2) is 0 Å². The molecule has 1 atom stereocenters. The first-order valence-electron chi connectivity index (χ1n) is 5.61. The fraction of sp³-hybridized carbons (Fsp3) is 0.385. The molecule has 1 aromatic rings. The summed E-state index contributed by atoms with van der Waals surface area (Å²) in [5.74, 6) is 2.45. The van der Waals surface area contributed by atoms with Crippen LogP contribution in [0.3, 0.4) is 0 Å². The SMILES string of the molecule is C#CCC[C@H](N)COS(=O)(=O)c1ccc(C)cc1. The molecule has 5 heteroatoms. The molecule has 0 aliphatic rings. The predicted octanol–water partition coefficient (Wildman–Crippen LogP) is 1.44. The Kier molecular flexibility index (Phi) is 5.35. The highest BCUT2D eigenvalue weighted by Gasteiger charge is 2.16. The van der Waals surface area contributed by atoms with Gasteiger partial charge in [0, 0.05) is 12.5 Å². The van der Waals surface area contributed by atoms with Crippen LogP contribution < -0.4 is 5.73 Å². The lowest BCUT2D eigenvalue weighted by Gasteiger charge is -2.10. The molecule has 1 rings (SSSR count). The second-order valence-electron chi connectivity index (χ2n) is 4.05. The zero-order valence-electron chi connectivity index (χ0n) is 10.3. The average Bonchev–Trinajstić information content (AvgIpc) is 2.34. The summed E-state index contributed by atoms with van der Waals surface area (Å²) in [5, 5.41) is 0. The van der Waals surface area contributed by atoms with Crippen LogP contribution >= 0.6 is 0 Å². The summed E-state index contributed by atoms with van der Waals surface area (Å²) in [5.41, 5.74) is 6.67. The summed E-state index contributed by atoms with van der Waals surface area (Å²) in [6, 6.07) is 6.08. The normalized spacial score (nSPS) is 12.9. The third-order valence-electron chi connectivity index (χ3n) is 2.41. The summed E-state index contributed by atoms with van der Waals surface area (Å²) < 4.78 is 28.5. The van der Waals surface area contributed by atoms with E-state index in [-0.39, 0.29) is 17.5 Å². The molecule has 4 nitrogen and oxygen atoms in total. The summed E-state index contributed by atoms with van der Waals surface area (Å²) in [6.07, 6.45) is 6.15. The zero-order valence-corrected chi connectivity index (χ0v) is 11.1. The van der Waals surface area contributed by atoms with Crippen molar-refractivity contribution in [1.82, 2.24) is 0 Å². The van der Waals surface area contributed by atoms with Crippen LogP contribution in [0.2, 0.25) is 0 Å². The number of terminal acetylenes is 1. The van der Waals surface area contributed by atoms with Crippen molar-refractivity contribution >= 4 is 10.1 Å². The molecule has 0 saturated heterocycles. The number of rotatable bonds is 6. The minimum Gasteiger partial charge on any atom is -0.326 e. The van der Waals surface area contributed by atoms with Crippen molar-refractivity contribution in [2.24, 2.45) is 5.73 Å². The maximum atomic E-state index is 11.8. The van der Waals surface area contributed by atoms with E-state index in [0.29, 0.717) is 12.8 Å². The Morgan fingerprint density at radius 3 is 2.56 bits per heavy atom. The Bertz CT molecular complexity index is 514. The van der Waals surface area contributed by atoms with Crippen LogP contribution in [0.15, 0.2) is 29.2 Å². The molecule has 0 amide bonds. The third kappa shape index (κ3) is 4.49. The van der Waals surface area contributed by atoms with Crippen molar-refractivity contribution in [3.05, 3.63) is 29.8 Å². The van der Waals surface area contributed by atoms with Crippen LogP contribution in [-0.2, 0) is 14.3 Å². The van der Waals surface area contributed by atoms with E-state index in [1.807, 2.05) is 6.92 Å². The van der Waals surface area contributed by atoms with E-state index in [9.17, 15) is 8.42 Å². The molecule has 98 valence electrons. The third-order valence-corrected chi connectivity index (χ3v) is 3.70. The molecule has 0 heterocycles. The van der Waals surface area contributed by atoms with Gasteiger partial charge in [-0.15, -0.1) is 12.3 Å². The van der Waals surface area contributed by atoms with Crippen molar-refractivity contribution in [2.45, 2.75) is 30.7 Å². The largest absolute Gasteiger partial charge is 0.326 e. The van der Waals surface area contributed by atoms with E-state index in [0.717, 1.165) is 5.56 Å². The second-order valence-corrected chi connectivity index (χ2v) is 5.67. The van der Waals surface area contributed by atoms with Crippen LogP contribution in [0, 0.1) is 19.3 Å². The number of nitrogens with two attached hydrogens (primary N) is 1. The van der Waals surface area contributed by atoms with Crippen LogP contribution in [0.25, 0.3) is 0 Å². The molecule has 0 saturated carbocycles. The van der Waals surface area contributed by atoms with Gasteiger partial charge in [0.25, 0.3) is 10.1 Å². The van der Waals surface area contributed by atoms with Gasteiger partial charge in [0.2, 0.25) is 0 Å². The molecule has 0 bridgehead atoms. The molecule has 0 aliphatic carbocycles. The lowest BCUT2D eigenvalue weighted by Crippen LogP contribution is -2.27. The second kappa shape index (κ2) is 6.55. The Balaban J connectivity index is 2.60. The molecule has 0 radical (unpaired) electrons. The molecule has 0 unspecified atom stereocenters. The highest BCUT2D eigenvalue weighted by molar-refractivity contribution is 7.86. The Morgan fingerprint density at radius 2 is 2.00 bits per heavy atom. The molecular formula is C13H17NO3S. The number of hydrogen-bond donors (Lipinski definition) is 1. The first-order valence-corrected chi connectivity index (χ1v) is 7.01. The van der Waals surface area contributed by atoms with E-state index in [2.05, 4.69) is 5.92 Å².